The van der Waals surface area contributed by atoms with Gasteiger partial charge in [0.15, 0.2) is 0 Å². The molecule has 144 valence electrons. The van der Waals surface area contributed by atoms with Crippen molar-refractivity contribution in [3.63, 3.8) is 0 Å². The fourth-order valence-corrected chi connectivity index (χ4v) is 3.64. The number of rotatable bonds is 6. The van der Waals surface area contributed by atoms with Gasteiger partial charge in [0, 0.05) is 12.2 Å². The SMILES string of the molecule is Cc1ccc(F)cc1NC(=O)Cc1nc(C)c(C(=O)NCc2ccccc2)s1. The second-order valence-electron chi connectivity index (χ2n) is 6.37. The lowest BCUT2D eigenvalue weighted by atomic mass is 10.2. The van der Waals surface area contributed by atoms with Gasteiger partial charge in [-0.25, -0.2) is 9.37 Å². The van der Waals surface area contributed by atoms with Gasteiger partial charge in [0.25, 0.3) is 5.91 Å². The van der Waals surface area contributed by atoms with E-state index in [4.69, 9.17) is 0 Å². The highest BCUT2D eigenvalue weighted by Crippen LogP contribution is 2.20. The molecule has 0 fully saturated rings. The molecule has 3 aromatic rings. The molecule has 0 spiro atoms. The zero-order valence-corrected chi connectivity index (χ0v) is 16.4. The predicted octanol–water partition coefficient (Wildman–Crippen LogP) is 4.01. The molecule has 0 atom stereocenters. The number of nitrogens with one attached hydrogen (secondary N) is 2. The minimum atomic E-state index is -0.414. The molecule has 1 heterocycles. The summed E-state index contributed by atoms with van der Waals surface area (Å²) in [5, 5.41) is 6.09. The van der Waals surface area contributed by atoms with Crippen molar-refractivity contribution < 1.29 is 14.0 Å². The van der Waals surface area contributed by atoms with Gasteiger partial charge in [-0.1, -0.05) is 36.4 Å². The quantitative estimate of drug-likeness (QED) is 0.660. The molecule has 28 heavy (non-hydrogen) atoms. The summed E-state index contributed by atoms with van der Waals surface area (Å²) in [6.07, 6.45) is 0.0213. The molecule has 2 N–H and O–H groups in total. The monoisotopic (exact) mass is 397 g/mol. The van der Waals surface area contributed by atoms with Crippen molar-refractivity contribution in [3.8, 4) is 0 Å². The van der Waals surface area contributed by atoms with Crippen LogP contribution in [0.1, 0.15) is 31.5 Å². The summed E-state index contributed by atoms with van der Waals surface area (Å²) < 4.78 is 13.4. The Balaban J connectivity index is 1.62. The molecule has 0 aliphatic heterocycles. The average molecular weight is 397 g/mol. The standard InChI is InChI=1S/C21H20FN3O2S/c1-13-8-9-16(22)10-17(13)25-18(26)11-19-24-14(2)20(28-19)21(27)23-12-15-6-4-3-5-7-15/h3-10H,11-12H2,1-2H3,(H,23,27)(H,25,26). The van der Waals surface area contributed by atoms with E-state index in [1.807, 2.05) is 30.3 Å². The lowest BCUT2D eigenvalue weighted by Gasteiger charge is -2.07. The Kier molecular flexibility index (Phi) is 6.16. The van der Waals surface area contributed by atoms with Crippen LogP contribution >= 0.6 is 11.3 Å². The van der Waals surface area contributed by atoms with Crippen molar-refractivity contribution in [1.82, 2.24) is 10.3 Å². The highest BCUT2D eigenvalue weighted by Gasteiger charge is 2.17. The maximum atomic E-state index is 13.4. The van der Waals surface area contributed by atoms with Gasteiger partial charge in [-0.05, 0) is 37.1 Å². The van der Waals surface area contributed by atoms with Crippen LogP contribution in [0.5, 0.6) is 0 Å². The molecule has 0 unspecified atom stereocenters. The van der Waals surface area contributed by atoms with Gasteiger partial charge >= 0.3 is 0 Å². The normalized spacial score (nSPS) is 10.5. The van der Waals surface area contributed by atoms with Gasteiger partial charge in [0.2, 0.25) is 5.91 Å². The number of amides is 2. The Morgan fingerprint density at radius 3 is 2.61 bits per heavy atom. The molecule has 0 aliphatic rings. The van der Waals surface area contributed by atoms with Crippen LogP contribution in [0.4, 0.5) is 10.1 Å². The smallest absolute Gasteiger partial charge is 0.263 e. The molecular weight excluding hydrogens is 377 g/mol. The van der Waals surface area contributed by atoms with Crippen LogP contribution in [-0.4, -0.2) is 16.8 Å². The van der Waals surface area contributed by atoms with E-state index in [9.17, 15) is 14.0 Å². The second kappa shape index (κ2) is 8.75. The minimum absolute atomic E-state index is 0.0213. The van der Waals surface area contributed by atoms with Crippen LogP contribution in [0.2, 0.25) is 0 Å². The number of anilines is 1. The van der Waals surface area contributed by atoms with Crippen LogP contribution in [0.25, 0.3) is 0 Å². The first-order valence-electron chi connectivity index (χ1n) is 8.77. The maximum Gasteiger partial charge on any atom is 0.263 e. The number of aryl methyl sites for hydroxylation is 2. The molecule has 0 saturated heterocycles. The fraction of sp³-hybridized carbons (Fsp3) is 0.190. The van der Waals surface area contributed by atoms with E-state index in [1.54, 1.807) is 19.9 Å². The van der Waals surface area contributed by atoms with E-state index < -0.39 is 5.82 Å². The number of nitrogens with zero attached hydrogens (tertiary/aromatic N) is 1. The number of carbonyl (C=O) groups excluding carboxylic acids is 2. The first kappa shape index (κ1) is 19.7. The first-order valence-corrected chi connectivity index (χ1v) is 9.58. The van der Waals surface area contributed by atoms with E-state index in [-0.39, 0.29) is 18.2 Å². The third kappa shape index (κ3) is 5.01. The van der Waals surface area contributed by atoms with Crippen molar-refractivity contribution in [2.24, 2.45) is 0 Å². The Hall–Kier alpha value is -3.06. The van der Waals surface area contributed by atoms with Crippen molar-refractivity contribution in [3.05, 3.63) is 81.1 Å². The summed E-state index contributed by atoms with van der Waals surface area (Å²) in [6.45, 7) is 3.95. The van der Waals surface area contributed by atoms with E-state index >= 15 is 0 Å². The zero-order chi connectivity index (χ0) is 20.1. The number of benzene rings is 2. The van der Waals surface area contributed by atoms with E-state index in [0.717, 1.165) is 11.1 Å². The van der Waals surface area contributed by atoms with E-state index in [0.29, 0.717) is 27.8 Å². The number of carbonyl (C=O) groups is 2. The van der Waals surface area contributed by atoms with E-state index in [2.05, 4.69) is 15.6 Å². The Morgan fingerprint density at radius 2 is 1.86 bits per heavy atom. The Labute approximate surface area is 166 Å². The highest BCUT2D eigenvalue weighted by atomic mass is 32.1. The highest BCUT2D eigenvalue weighted by molar-refractivity contribution is 7.13. The lowest BCUT2D eigenvalue weighted by Crippen LogP contribution is -2.22. The fourth-order valence-electron chi connectivity index (χ4n) is 2.66. The van der Waals surface area contributed by atoms with Gasteiger partial charge in [-0.15, -0.1) is 11.3 Å². The molecule has 2 aromatic carbocycles. The minimum Gasteiger partial charge on any atom is -0.347 e. The summed E-state index contributed by atoms with van der Waals surface area (Å²) in [6, 6.07) is 13.8. The van der Waals surface area contributed by atoms with Gasteiger partial charge in [0.05, 0.1) is 12.1 Å². The molecule has 0 aliphatic carbocycles. The van der Waals surface area contributed by atoms with E-state index in [1.165, 1.54) is 23.5 Å². The topological polar surface area (TPSA) is 71.1 Å². The Bertz CT molecular complexity index is 1000. The molecular formula is C21H20FN3O2S. The molecule has 7 heteroatoms. The average Bonchev–Trinajstić information content (AvgIpc) is 3.03. The van der Waals surface area contributed by atoms with Crippen molar-refractivity contribution in [2.45, 2.75) is 26.8 Å². The second-order valence-corrected chi connectivity index (χ2v) is 7.46. The predicted molar refractivity (Wildman–Crippen MR) is 108 cm³/mol. The van der Waals surface area contributed by atoms with Gasteiger partial charge in [-0.2, -0.15) is 0 Å². The summed E-state index contributed by atoms with van der Waals surface area (Å²) in [5.41, 5.74) is 2.79. The number of hydrogen-bond acceptors (Lipinski definition) is 4. The summed E-state index contributed by atoms with van der Waals surface area (Å²) in [7, 11) is 0. The van der Waals surface area contributed by atoms with Crippen molar-refractivity contribution in [2.75, 3.05) is 5.32 Å². The number of thiazole rings is 1. The summed E-state index contributed by atoms with van der Waals surface area (Å²) in [4.78, 5) is 29.5. The Morgan fingerprint density at radius 1 is 1.11 bits per heavy atom. The van der Waals surface area contributed by atoms with Crippen LogP contribution in [-0.2, 0) is 17.8 Å². The van der Waals surface area contributed by atoms with Crippen LogP contribution in [0, 0.1) is 19.7 Å². The maximum absolute atomic E-state index is 13.4. The molecule has 1 aromatic heterocycles. The molecule has 5 nitrogen and oxygen atoms in total. The van der Waals surface area contributed by atoms with Crippen molar-refractivity contribution in [1.29, 1.82) is 0 Å². The van der Waals surface area contributed by atoms with Crippen LogP contribution in [0.3, 0.4) is 0 Å². The third-order valence-corrected chi connectivity index (χ3v) is 5.28. The van der Waals surface area contributed by atoms with Crippen molar-refractivity contribution >= 4 is 28.8 Å². The number of halogens is 1. The third-order valence-electron chi connectivity index (χ3n) is 4.13. The zero-order valence-electron chi connectivity index (χ0n) is 15.6. The molecule has 0 radical (unpaired) electrons. The molecule has 2 amide bonds. The molecule has 0 saturated carbocycles. The van der Waals surface area contributed by atoms with Gasteiger partial charge in [0.1, 0.15) is 15.7 Å². The lowest BCUT2D eigenvalue weighted by molar-refractivity contribution is -0.115. The summed E-state index contributed by atoms with van der Waals surface area (Å²) >= 11 is 1.19. The molecule has 0 bridgehead atoms. The van der Waals surface area contributed by atoms with Crippen LogP contribution < -0.4 is 10.6 Å². The first-order chi connectivity index (χ1) is 13.4. The molecule has 3 rings (SSSR count). The van der Waals surface area contributed by atoms with Crippen LogP contribution in [0.15, 0.2) is 48.5 Å². The number of aromatic nitrogens is 1. The largest absolute Gasteiger partial charge is 0.347 e. The van der Waals surface area contributed by atoms with Gasteiger partial charge < -0.3 is 10.6 Å². The van der Waals surface area contributed by atoms with Gasteiger partial charge in [-0.3, -0.25) is 9.59 Å². The summed E-state index contributed by atoms with van der Waals surface area (Å²) in [5.74, 6) is -0.937. The number of hydrogen-bond donors (Lipinski definition) is 2.